The highest BCUT2D eigenvalue weighted by Crippen LogP contribution is 2.23. The molecule has 0 radical (unpaired) electrons. The van der Waals surface area contributed by atoms with E-state index in [4.69, 9.17) is 0 Å². The zero-order valence-corrected chi connectivity index (χ0v) is 11.9. The molecule has 1 unspecified atom stereocenters. The van der Waals surface area contributed by atoms with Gasteiger partial charge in [-0.15, -0.1) is 12.4 Å². The second-order valence-corrected chi connectivity index (χ2v) is 4.63. The molecule has 8 heteroatoms. The normalized spacial score (nSPS) is 17.4. The van der Waals surface area contributed by atoms with Crippen LogP contribution in [-0.2, 0) is 4.79 Å². The van der Waals surface area contributed by atoms with Gasteiger partial charge >= 0.3 is 6.61 Å². The predicted octanol–water partition coefficient (Wildman–Crippen LogP) is 2.79. The summed E-state index contributed by atoms with van der Waals surface area (Å²) in [6.07, 6.45) is 1.28. The molecule has 2 rings (SSSR count). The van der Waals surface area contributed by atoms with Crippen molar-refractivity contribution in [3.8, 4) is 5.75 Å². The number of rotatable bonds is 5. The van der Waals surface area contributed by atoms with Crippen LogP contribution in [0.5, 0.6) is 5.75 Å². The van der Waals surface area contributed by atoms with Crippen molar-refractivity contribution < 1.29 is 22.7 Å². The van der Waals surface area contributed by atoms with Crippen LogP contribution in [0.4, 0.5) is 18.9 Å². The van der Waals surface area contributed by atoms with Crippen LogP contribution in [-0.4, -0.2) is 25.6 Å². The molecule has 0 saturated carbocycles. The van der Waals surface area contributed by atoms with Crippen molar-refractivity contribution in [3.05, 3.63) is 24.0 Å². The van der Waals surface area contributed by atoms with E-state index in [9.17, 15) is 18.0 Å². The number of benzene rings is 1. The van der Waals surface area contributed by atoms with Crippen LogP contribution in [0.15, 0.2) is 18.2 Å². The smallest absolute Gasteiger partial charge is 0.387 e. The molecule has 0 bridgehead atoms. The molecule has 2 N–H and O–H groups in total. The summed E-state index contributed by atoms with van der Waals surface area (Å²) in [6, 6.07) is 3.35. The Balaban J connectivity index is 0.00000220. The third-order valence-corrected chi connectivity index (χ3v) is 3.07. The molecule has 1 aromatic rings. The largest absolute Gasteiger partial charge is 0.432 e. The fourth-order valence-electron chi connectivity index (χ4n) is 2.13. The van der Waals surface area contributed by atoms with Gasteiger partial charge in [-0.3, -0.25) is 4.79 Å². The lowest BCUT2D eigenvalue weighted by molar-refractivity contribution is -0.117. The van der Waals surface area contributed by atoms with Gasteiger partial charge in [-0.1, -0.05) is 0 Å². The first-order chi connectivity index (χ1) is 9.54. The molecular formula is C13H16ClF3N2O2. The second-order valence-electron chi connectivity index (χ2n) is 4.63. The van der Waals surface area contributed by atoms with E-state index >= 15 is 0 Å². The summed E-state index contributed by atoms with van der Waals surface area (Å²) in [4.78, 5) is 11.7. The van der Waals surface area contributed by atoms with Crippen LogP contribution in [0.1, 0.15) is 12.8 Å². The Bertz CT molecular complexity index is 482. The highest BCUT2D eigenvalue weighted by molar-refractivity contribution is 5.90. The topological polar surface area (TPSA) is 50.4 Å². The Morgan fingerprint density at radius 1 is 1.48 bits per heavy atom. The van der Waals surface area contributed by atoms with E-state index in [0.717, 1.165) is 31.6 Å². The maximum Gasteiger partial charge on any atom is 0.387 e. The second kappa shape index (κ2) is 8.09. The first kappa shape index (κ1) is 17.6. The van der Waals surface area contributed by atoms with Gasteiger partial charge < -0.3 is 15.4 Å². The summed E-state index contributed by atoms with van der Waals surface area (Å²) in [6.45, 7) is -1.39. The predicted molar refractivity (Wildman–Crippen MR) is 74.5 cm³/mol. The van der Waals surface area contributed by atoms with Crippen molar-refractivity contribution in [3.63, 3.8) is 0 Å². The van der Waals surface area contributed by atoms with E-state index < -0.39 is 18.2 Å². The molecule has 1 heterocycles. The summed E-state index contributed by atoms with van der Waals surface area (Å²) in [5.41, 5.74) is 0.222. The number of amides is 1. The zero-order chi connectivity index (χ0) is 14.5. The van der Waals surface area contributed by atoms with Gasteiger partial charge in [0.2, 0.25) is 5.91 Å². The molecule has 0 aromatic heterocycles. The number of alkyl halides is 2. The van der Waals surface area contributed by atoms with E-state index in [2.05, 4.69) is 15.4 Å². The number of ether oxygens (including phenoxy) is 1. The lowest BCUT2D eigenvalue weighted by Gasteiger charge is -2.10. The molecule has 1 amide bonds. The number of halogens is 4. The quantitative estimate of drug-likeness (QED) is 0.875. The number of hydrogen-bond donors (Lipinski definition) is 2. The number of nitrogens with one attached hydrogen (secondary N) is 2. The van der Waals surface area contributed by atoms with Crippen LogP contribution in [0.25, 0.3) is 0 Å². The molecule has 1 saturated heterocycles. The van der Waals surface area contributed by atoms with Crippen LogP contribution in [0.3, 0.4) is 0 Å². The zero-order valence-electron chi connectivity index (χ0n) is 11.1. The molecule has 0 aliphatic carbocycles. The van der Waals surface area contributed by atoms with Gasteiger partial charge in [0.25, 0.3) is 0 Å². The molecule has 118 valence electrons. The molecule has 21 heavy (non-hydrogen) atoms. The van der Waals surface area contributed by atoms with Crippen LogP contribution in [0.2, 0.25) is 0 Å². The Morgan fingerprint density at radius 2 is 2.24 bits per heavy atom. The molecule has 1 aromatic carbocycles. The van der Waals surface area contributed by atoms with E-state index in [1.165, 1.54) is 6.07 Å². The lowest BCUT2D eigenvalue weighted by Crippen LogP contribution is -2.18. The summed E-state index contributed by atoms with van der Waals surface area (Å²) < 4.78 is 41.4. The van der Waals surface area contributed by atoms with Crippen molar-refractivity contribution in [2.75, 3.05) is 18.4 Å². The van der Waals surface area contributed by atoms with Gasteiger partial charge in [0.1, 0.15) is 0 Å². The van der Waals surface area contributed by atoms with Crippen molar-refractivity contribution >= 4 is 24.0 Å². The fraction of sp³-hybridized carbons (Fsp3) is 0.462. The third kappa shape index (κ3) is 5.43. The van der Waals surface area contributed by atoms with E-state index in [0.29, 0.717) is 6.42 Å². The van der Waals surface area contributed by atoms with Gasteiger partial charge in [-0.05, 0) is 37.6 Å². The Morgan fingerprint density at radius 3 is 2.81 bits per heavy atom. The number of carbonyl (C=O) groups is 1. The Hall–Kier alpha value is -1.47. The number of anilines is 1. The summed E-state index contributed by atoms with van der Waals surface area (Å²) in [5, 5.41) is 5.69. The third-order valence-electron chi connectivity index (χ3n) is 3.07. The van der Waals surface area contributed by atoms with Crippen molar-refractivity contribution in [2.45, 2.75) is 19.5 Å². The average Bonchev–Trinajstić information content (AvgIpc) is 2.85. The summed E-state index contributed by atoms with van der Waals surface area (Å²) >= 11 is 0. The minimum Gasteiger partial charge on any atom is -0.432 e. The van der Waals surface area contributed by atoms with E-state index in [1.807, 2.05) is 0 Å². The number of hydrogen-bond acceptors (Lipinski definition) is 3. The average molecular weight is 325 g/mol. The van der Waals surface area contributed by atoms with Crippen LogP contribution >= 0.6 is 12.4 Å². The van der Waals surface area contributed by atoms with Crippen molar-refractivity contribution in [1.82, 2.24) is 5.32 Å². The minimum absolute atomic E-state index is 0. The monoisotopic (exact) mass is 324 g/mol. The van der Waals surface area contributed by atoms with Gasteiger partial charge in [0.05, 0.1) is 0 Å². The molecular weight excluding hydrogens is 309 g/mol. The maximum absolute atomic E-state index is 13.4. The molecule has 1 aliphatic heterocycles. The minimum atomic E-state index is -3.08. The molecule has 4 nitrogen and oxygen atoms in total. The number of carbonyl (C=O) groups excluding carboxylic acids is 1. The molecule has 1 atom stereocenters. The van der Waals surface area contributed by atoms with Crippen molar-refractivity contribution in [2.24, 2.45) is 5.92 Å². The lowest BCUT2D eigenvalue weighted by atomic mass is 10.0. The van der Waals surface area contributed by atoms with Crippen LogP contribution in [0, 0.1) is 11.7 Å². The first-order valence-corrected chi connectivity index (χ1v) is 6.29. The van der Waals surface area contributed by atoms with Gasteiger partial charge in [-0.2, -0.15) is 8.78 Å². The molecule has 1 fully saturated rings. The van der Waals surface area contributed by atoms with Crippen LogP contribution < -0.4 is 15.4 Å². The van der Waals surface area contributed by atoms with Gasteiger partial charge in [0.15, 0.2) is 11.6 Å². The van der Waals surface area contributed by atoms with Gasteiger partial charge in [0, 0.05) is 18.2 Å². The highest BCUT2D eigenvalue weighted by atomic mass is 35.5. The SMILES string of the molecule is Cl.O=C(CC1CCNC1)Nc1ccc(OC(F)F)c(F)c1. The van der Waals surface area contributed by atoms with E-state index in [1.54, 1.807) is 0 Å². The standard InChI is InChI=1S/C13H15F3N2O2.ClH/c14-10-6-9(1-2-11(10)20-13(15)16)18-12(19)5-8-3-4-17-7-8;/h1-2,6,8,13,17H,3-5,7H2,(H,18,19);1H. The van der Waals surface area contributed by atoms with Gasteiger partial charge in [-0.25, -0.2) is 4.39 Å². The fourth-order valence-corrected chi connectivity index (χ4v) is 2.13. The van der Waals surface area contributed by atoms with E-state index in [-0.39, 0.29) is 29.9 Å². The van der Waals surface area contributed by atoms with Crippen molar-refractivity contribution in [1.29, 1.82) is 0 Å². The maximum atomic E-state index is 13.4. The molecule has 1 aliphatic rings. The highest BCUT2D eigenvalue weighted by Gasteiger charge is 2.18. The first-order valence-electron chi connectivity index (χ1n) is 6.29. The molecule has 0 spiro atoms. The Labute approximate surface area is 126 Å². The Kier molecular flexibility index (Phi) is 6.77. The summed E-state index contributed by atoms with van der Waals surface area (Å²) in [5.74, 6) is -1.43. The summed E-state index contributed by atoms with van der Waals surface area (Å²) in [7, 11) is 0.